The SMILES string of the molecule is CSc1ccc(-c2ccc3c(c2)C(=O)N2CCC(NC(=O)C4CCCC4)C2C(=O)N3)cc1. The smallest absolute Gasteiger partial charge is 0.256 e. The molecule has 2 aromatic carbocycles. The minimum absolute atomic E-state index is 0.0207. The van der Waals surface area contributed by atoms with Crippen molar-refractivity contribution in [1.82, 2.24) is 10.2 Å². The van der Waals surface area contributed by atoms with Crippen molar-refractivity contribution in [3.8, 4) is 11.1 Å². The molecule has 2 unspecified atom stereocenters. The fourth-order valence-corrected chi connectivity index (χ4v) is 5.55. The molecule has 2 aliphatic heterocycles. The number of carbonyl (C=O) groups excluding carboxylic acids is 3. The molecule has 0 spiro atoms. The van der Waals surface area contributed by atoms with E-state index in [-0.39, 0.29) is 29.7 Å². The molecule has 3 aliphatic rings. The number of nitrogens with one attached hydrogen (secondary N) is 2. The predicted octanol–water partition coefficient (Wildman–Crippen LogP) is 3.92. The van der Waals surface area contributed by atoms with Gasteiger partial charge in [-0.1, -0.05) is 31.0 Å². The molecule has 0 radical (unpaired) electrons. The molecule has 2 fully saturated rings. The molecular formula is C25H27N3O3S. The lowest BCUT2D eigenvalue weighted by Crippen LogP contribution is -2.52. The summed E-state index contributed by atoms with van der Waals surface area (Å²) in [7, 11) is 0. The first kappa shape index (κ1) is 21.1. The standard InChI is InChI=1S/C25H27N3O3S/c1-32-18-9-6-15(7-10-18)17-8-11-20-19(14-17)25(31)28-13-12-21(22(28)24(30)26-20)27-23(29)16-4-2-3-5-16/h6-11,14,16,21-22H,2-5,12-13H2,1H3,(H,26,30)(H,27,29). The summed E-state index contributed by atoms with van der Waals surface area (Å²) in [5, 5.41) is 6.02. The molecule has 3 amide bonds. The van der Waals surface area contributed by atoms with Crippen molar-refractivity contribution in [1.29, 1.82) is 0 Å². The second-order valence-electron chi connectivity index (χ2n) is 8.81. The first-order valence-corrected chi connectivity index (χ1v) is 12.5. The number of fused-ring (bicyclic) bond motifs is 2. The highest BCUT2D eigenvalue weighted by atomic mass is 32.2. The minimum Gasteiger partial charge on any atom is -0.350 e. The fourth-order valence-electron chi connectivity index (χ4n) is 5.14. The van der Waals surface area contributed by atoms with Gasteiger partial charge in [0.15, 0.2) is 0 Å². The summed E-state index contributed by atoms with van der Waals surface area (Å²) in [6.45, 7) is 0.457. The minimum atomic E-state index is -0.676. The number of benzene rings is 2. The molecule has 166 valence electrons. The summed E-state index contributed by atoms with van der Waals surface area (Å²) >= 11 is 1.68. The van der Waals surface area contributed by atoms with Crippen LogP contribution < -0.4 is 10.6 Å². The Hall–Kier alpha value is -2.80. The van der Waals surface area contributed by atoms with Crippen molar-refractivity contribution in [2.75, 3.05) is 18.1 Å². The Morgan fingerprint density at radius 3 is 2.47 bits per heavy atom. The molecule has 0 aromatic heterocycles. The molecule has 0 bridgehead atoms. The van der Waals surface area contributed by atoms with E-state index in [1.807, 2.05) is 30.5 Å². The summed E-state index contributed by atoms with van der Waals surface area (Å²) in [6.07, 6.45) is 6.60. The van der Waals surface area contributed by atoms with Gasteiger partial charge in [0.05, 0.1) is 17.3 Å². The molecule has 2 aromatic rings. The molecule has 7 heteroatoms. The third-order valence-corrected chi connectivity index (χ3v) is 7.66. The Labute approximate surface area is 192 Å². The second kappa shape index (κ2) is 8.62. The number of carbonyl (C=O) groups is 3. The van der Waals surface area contributed by atoms with Crippen LogP contribution in [0.15, 0.2) is 47.4 Å². The van der Waals surface area contributed by atoms with Crippen molar-refractivity contribution in [3.05, 3.63) is 48.0 Å². The molecule has 2 atom stereocenters. The third-order valence-electron chi connectivity index (χ3n) is 6.91. The molecular weight excluding hydrogens is 422 g/mol. The van der Waals surface area contributed by atoms with Crippen LogP contribution in [-0.2, 0) is 9.59 Å². The quantitative estimate of drug-likeness (QED) is 0.694. The van der Waals surface area contributed by atoms with Gasteiger partial charge in [0.2, 0.25) is 11.8 Å². The Morgan fingerprint density at radius 2 is 1.75 bits per heavy atom. The van der Waals surface area contributed by atoms with Gasteiger partial charge in [0.25, 0.3) is 5.91 Å². The number of thioether (sulfide) groups is 1. The molecule has 2 N–H and O–H groups in total. The largest absolute Gasteiger partial charge is 0.350 e. The number of hydrogen-bond donors (Lipinski definition) is 2. The van der Waals surface area contributed by atoms with Crippen molar-refractivity contribution >= 4 is 35.2 Å². The van der Waals surface area contributed by atoms with Gasteiger partial charge >= 0.3 is 0 Å². The Bertz CT molecular complexity index is 1060. The average molecular weight is 450 g/mol. The fraction of sp³-hybridized carbons (Fsp3) is 0.400. The molecule has 1 saturated carbocycles. The lowest BCUT2D eigenvalue weighted by molar-refractivity contribution is -0.126. The van der Waals surface area contributed by atoms with Crippen LogP contribution in [0.2, 0.25) is 0 Å². The average Bonchev–Trinajstić information content (AvgIpc) is 3.47. The lowest BCUT2D eigenvalue weighted by Gasteiger charge is -2.25. The van der Waals surface area contributed by atoms with E-state index in [1.54, 1.807) is 22.7 Å². The highest BCUT2D eigenvalue weighted by molar-refractivity contribution is 7.98. The Balaban J connectivity index is 1.40. The van der Waals surface area contributed by atoms with Crippen LogP contribution in [0.1, 0.15) is 42.5 Å². The van der Waals surface area contributed by atoms with Crippen LogP contribution in [0, 0.1) is 5.92 Å². The third kappa shape index (κ3) is 3.79. The molecule has 2 heterocycles. The van der Waals surface area contributed by atoms with Gasteiger partial charge in [-0.05, 0) is 60.9 Å². The van der Waals surface area contributed by atoms with Gasteiger partial charge < -0.3 is 15.5 Å². The van der Waals surface area contributed by atoms with Gasteiger partial charge in [-0.3, -0.25) is 14.4 Å². The van der Waals surface area contributed by atoms with Crippen LogP contribution >= 0.6 is 11.8 Å². The molecule has 32 heavy (non-hydrogen) atoms. The van der Waals surface area contributed by atoms with Crippen LogP contribution in [-0.4, -0.2) is 47.5 Å². The van der Waals surface area contributed by atoms with Gasteiger partial charge in [-0.2, -0.15) is 0 Å². The zero-order valence-electron chi connectivity index (χ0n) is 18.1. The van der Waals surface area contributed by atoms with E-state index in [0.29, 0.717) is 24.2 Å². The summed E-state index contributed by atoms with van der Waals surface area (Å²) in [4.78, 5) is 42.0. The number of amides is 3. The van der Waals surface area contributed by atoms with Crippen LogP contribution in [0.4, 0.5) is 5.69 Å². The van der Waals surface area contributed by atoms with Crippen molar-refractivity contribution in [2.24, 2.45) is 5.92 Å². The molecule has 1 saturated heterocycles. The van der Waals surface area contributed by atoms with Gasteiger partial charge in [0.1, 0.15) is 6.04 Å². The summed E-state index contributed by atoms with van der Waals surface area (Å²) < 4.78 is 0. The number of anilines is 1. The molecule has 6 nitrogen and oxygen atoms in total. The molecule has 5 rings (SSSR count). The topological polar surface area (TPSA) is 78.5 Å². The summed E-state index contributed by atoms with van der Waals surface area (Å²) in [5.41, 5.74) is 2.98. The maximum Gasteiger partial charge on any atom is 0.256 e. The van der Waals surface area contributed by atoms with Crippen LogP contribution in [0.5, 0.6) is 0 Å². The first-order chi connectivity index (χ1) is 15.5. The highest BCUT2D eigenvalue weighted by Gasteiger charge is 2.45. The first-order valence-electron chi connectivity index (χ1n) is 11.3. The highest BCUT2D eigenvalue weighted by Crippen LogP contribution is 2.33. The van der Waals surface area contributed by atoms with E-state index in [0.717, 1.165) is 36.8 Å². The van der Waals surface area contributed by atoms with Crippen molar-refractivity contribution in [2.45, 2.75) is 49.1 Å². The van der Waals surface area contributed by atoms with E-state index in [4.69, 9.17) is 0 Å². The predicted molar refractivity (Wildman–Crippen MR) is 126 cm³/mol. The van der Waals surface area contributed by atoms with Gasteiger partial charge in [-0.15, -0.1) is 11.8 Å². The Morgan fingerprint density at radius 1 is 1.03 bits per heavy atom. The molecule has 1 aliphatic carbocycles. The summed E-state index contributed by atoms with van der Waals surface area (Å²) in [5.74, 6) is -0.342. The van der Waals surface area contributed by atoms with Gasteiger partial charge in [0, 0.05) is 17.4 Å². The normalized spacial score (nSPS) is 22.8. The second-order valence-corrected chi connectivity index (χ2v) is 9.69. The van der Waals surface area contributed by atoms with E-state index >= 15 is 0 Å². The van der Waals surface area contributed by atoms with E-state index < -0.39 is 6.04 Å². The zero-order valence-corrected chi connectivity index (χ0v) is 18.9. The maximum absolute atomic E-state index is 13.5. The lowest BCUT2D eigenvalue weighted by atomic mass is 10.0. The maximum atomic E-state index is 13.5. The van der Waals surface area contributed by atoms with Crippen molar-refractivity contribution in [3.63, 3.8) is 0 Å². The zero-order chi connectivity index (χ0) is 22.2. The Kier molecular flexibility index (Phi) is 5.67. The van der Waals surface area contributed by atoms with Crippen LogP contribution in [0.3, 0.4) is 0 Å². The van der Waals surface area contributed by atoms with E-state index in [9.17, 15) is 14.4 Å². The number of rotatable bonds is 4. The van der Waals surface area contributed by atoms with E-state index in [2.05, 4.69) is 22.8 Å². The van der Waals surface area contributed by atoms with Gasteiger partial charge in [-0.25, -0.2) is 0 Å². The monoisotopic (exact) mass is 449 g/mol. The van der Waals surface area contributed by atoms with Crippen molar-refractivity contribution < 1.29 is 14.4 Å². The summed E-state index contributed by atoms with van der Waals surface area (Å²) in [6, 6.07) is 12.8. The number of nitrogens with zero attached hydrogens (tertiary/aromatic N) is 1. The number of hydrogen-bond acceptors (Lipinski definition) is 4. The van der Waals surface area contributed by atoms with E-state index in [1.165, 1.54) is 4.90 Å². The van der Waals surface area contributed by atoms with Crippen LogP contribution in [0.25, 0.3) is 11.1 Å².